The number of hydrogen-bond acceptors (Lipinski definition) is 3. The molecule has 23 heavy (non-hydrogen) atoms. The number of carbonyl (C=O) groups is 1. The Balaban J connectivity index is 1.86. The molecule has 0 fully saturated rings. The summed E-state index contributed by atoms with van der Waals surface area (Å²) >= 11 is 11.7. The topological polar surface area (TPSA) is 76.0 Å². The first-order valence-electron chi connectivity index (χ1n) is 7.04. The second-order valence-electron chi connectivity index (χ2n) is 4.80. The van der Waals surface area contributed by atoms with Crippen LogP contribution in [-0.2, 0) is 13.0 Å². The van der Waals surface area contributed by atoms with E-state index in [0.717, 1.165) is 5.69 Å². The van der Waals surface area contributed by atoms with Crippen molar-refractivity contribution in [3.63, 3.8) is 0 Å². The zero-order valence-corrected chi connectivity index (χ0v) is 14.0. The van der Waals surface area contributed by atoms with E-state index < -0.39 is 6.03 Å². The Morgan fingerprint density at radius 3 is 2.52 bits per heavy atom. The van der Waals surface area contributed by atoms with E-state index in [2.05, 4.69) is 15.6 Å². The summed E-state index contributed by atoms with van der Waals surface area (Å²) < 4.78 is 1.44. The number of anilines is 1. The summed E-state index contributed by atoms with van der Waals surface area (Å²) in [5.74, 6) is 0. The van der Waals surface area contributed by atoms with Gasteiger partial charge in [-0.2, -0.15) is 0 Å². The predicted molar refractivity (Wildman–Crippen MR) is 91.4 cm³/mol. The van der Waals surface area contributed by atoms with E-state index >= 15 is 0 Å². The highest BCUT2D eigenvalue weighted by Gasteiger charge is 2.04. The van der Waals surface area contributed by atoms with Crippen molar-refractivity contribution >= 4 is 34.9 Å². The second-order valence-corrected chi connectivity index (χ2v) is 5.68. The molecule has 1 aromatic heterocycles. The first kappa shape index (κ1) is 17.3. The summed E-state index contributed by atoms with van der Waals surface area (Å²) in [6.07, 6.45) is 2.19. The number of nitrogens with zero attached hydrogens (tertiary/aromatic N) is 2. The largest absolute Gasteiger partial charge is 0.336 e. The van der Waals surface area contributed by atoms with Crippen LogP contribution in [0.5, 0.6) is 0 Å². The number of aryl methyl sites for hydroxylation is 1. The average Bonchev–Trinajstić information content (AvgIpc) is 2.47. The van der Waals surface area contributed by atoms with E-state index in [0.29, 0.717) is 28.7 Å². The van der Waals surface area contributed by atoms with Crippen molar-refractivity contribution < 1.29 is 4.79 Å². The third kappa shape index (κ3) is 5.26. The van der Waals surface area contributed by atoms with E-state index in [9.17, 15) is 9.59 Å². The fourth-order valence-corrected chi connectivity index (χ4v) is 2.44. The summed E-state index contributed by atoms with van der Waals surface area (Å²) in [6, 6.07) is 5.84. The number of hydrogen-bond donors (Lipinski definition) is 2. The van der Waals surface area contributed by atoms with Gasteiger partial charge in [-0.05, 0) is 24.6 Å². The Kier molecular flexibility index (Phi) is 6.01. The number of nitrogens with one attached hydrogen (secondary N) is 2. The van der Waals surface area contributed by atoms with Crippen LogP contribution in [0.15, 0.2) is 35.4 Å². The summed E-state index contributed by atoms with van der Waals surface area (Å²) in [4.78, 5) is 27.8. The summed E-state index contributed by atoms with van der Waals surface area (Å²) in [6.45, 7) is 2.55. The fraction of sp³-hybridized carbons (Fsp3) is 0.267. The summed E-state index contributed by atoms with van der Waals surface area (Å²) in [5.41, 5.74) is 1.10. The molecule has 0 spiro atoms. The van der Waals surface area contributed by atoms with Crippen LogP contribution < -0.4 is 16.2 Å². The van der Waals surface area contributed by atoms with Gasteiger partial charge in [0.05, 0.1) is 6.33 Å². The van der Waals surface area contributed by atoms with Crippen LogP contribution in [-0.4, -0.2) is 22.1 Å². The molecule has 1 aromatic carbocycles. The lowest BCUT2D eigenvalue weighted by molar-refractivity contribution is 0.251. The van der Waals surface area contributed by atoms with E-state index in [-0.39, 0.29) is 12.1 Å². The predicted octanol–water partition coefficient (Wildman–Crippen LogP) is 2.93. The second kappa shape index (κ2) is 7.99. The maximum Gasteiger partial charge on any atom is 0.319 e. The van der Waals surface area contributed by atoms with Gasteiger partial charge in [-0.1, -0.05) is 30.1 Å². The Hall–Kier alpha value is -2.05. The zero-order valence-electron chi connectivity index (χ0n) is 12.5. The summed E-state index contributed by atoms with van der Waals surface area (Å²) in [7, 11) is 0. The molecule has 0 aliphatic carbocycles. The number of amides is 2. The third-order valence-electron chi connectivity index (χ3n) is 3.06. The number of aromatic nitrogens is 2. The fourth-order valence-electron chi connectivity index (χ4n) is 1.92. The van der Waals surface area contributed by atoms with Gasteiger partial charge in [0, 0.05) is 40.6 Å². The highest BCUT2D eigenvalue weighted by Crippen LogP contribution is 2.22. The molecule has 0 aliphatic rings. The minimum Gasteiger partial charge on any atom is -0.336 e. The van der Waals surface area contributed by atoms with Gasteiger partial charge in [0.15, 0.2) is 0 Å². The van der Waals surface area contributed by atoms with Gasteiger partial charge < -0.3 is 10.6 Å². The van der Waals surface area contributed by atoms with Gasteiger partial charge in [0.2, 0.25) is 0 Å². The molecule has 2 aromatic rings. The molecule has 0 unspecified atom stereocenters. The molecule has 0 atom stereocenters. The van der Waals surface area contributed by atoms with Crippen LogP contribution in [0.3, 0.4) is 0 Å². The lowest BCUT2D eigenvalue weighted by Crippen LogP contribution is -2.33. The molecule has 2 N–H and O–H groups in total. The Labute approximate surface area is 143 Å². The first-order valence-corrected chi connectivity index (χ1v) is 7.80. The van der Waals surface area contributed by atoms with Gasteiger partial charge in [-0.15, -0.1) is 0 Å². The highest BCUT2D eigenvalue weighted by molar-refractivity contribution is 6.35. The molecule has 0 aliphatic heterocycles. The van der Waals surface area contributed by atoms with Gasteiger partial charge >= 0.3 is 6.03 Å². The quantitative estimate of drug-likeness (QED) is 0.866. The van der Waals surface area contributed by atoms with Crippen LogP contribution in [0.4, 0.5) is 10.5 Å². The summed E-state index contributed by atoms with van der Waals surface area (Å²) in [5, 5.41) is 6.14. The Bertz CT molecular complexity index is 741. The van der Waals surface area contributed by atoms with Crippen molar-refractivity contribution in [3.8, 4) is 0 Å². The number of urea groups is 1. The molecule has 0 saturated heterocycles. The van der Waals surface area contributed by atoms with Crippen molar-refractivity contribution in [2.75, 3.05) is 11.9 Å². The molecule has 1 heterocycles. The maximum absolute atomic E-state index is 11.8. The molecule has 2 amide bonds. The van der Waals surface area contributed by atoms with Crippen LogP contribution in [0.25, 0.3) is 0 Å². The van der Waals surface area contributed by atoms with Gasteiger partial charge in [0.25, 0.3) is 5.56 Å². The molecule has 0 saturated carbocycles. The normalized spacial score (nSPS) is 10.4. The Morgan fingerprint density at radius 2 is 1.91 bits per heavy atom. The highest BCUT2D eigenvalue weighted by atomic mass is 35.5. The van der Waals surface area contributed by atoms with Crippen LogP contribution in [0.1, 0.15) is 12.6 Å². The molecule has 8 heteroatoms. The van der Waals surface area contributed by atoms with Gasteiger partial charge in [-0.3, -0.25) is 9.36 Å². The van der Waals surface area contributed by atoms with Gasteiger partial charge in [-0.25, -0.2) is 9.78 Å². The van der Waals surface area contributed by atoms with E-state index in [1.807, 2.05) is 6.92 Å². The average molecular weight is 355 g/mol. The zero-order chi connectivity index (χ0) is 16.8. The van der Waals surface area contributed by atoms with Crippen LogP contribution in [0, 0.1) is 0 Å². The molecule has 6 nitrogen and oxygen atoms in total. The Morgan fingerprint density at radius 1 is 1.22 bits per heavy atom. The van der Waals surface area contributed by atoms with Crippen molar-refractivity contribution in [2.24, 2.45) is 0 Å². The van der Waals surface area contributed by atoms with Crippen molar-refractivity contribution in [1.82, 2.24) is 14.9 Å². The smallest absolute Gasteiger partial charge is 0.319 e. The SMILES string of the molecule is CCc1cc(=O)n(CCNC(=O)Nc2cc(Cl)cc(Cl)c2)cn1. The van der Waals surface area contributed by atoms with Crippen LogP contribution in [0.2, 0.25) is 10.0 Å². The lowest BCUT2D eigenvalue weighted by Gasteiger charge is -2.09. The molecular weight excluding hydrogens is 339 g/mol. The third-order valence-corrected chi connectivity index (χ3v) is 3.49. The minimum atomic E-state index is -0.408. The number of benzene rings is 1. The molecule has 122 valence electrons. The molecule has 0 radical (unpaired) electrons. The van der Waals surface area contributed by atoms with E-state index in [1.54, 1.807) is 18.2 Å². The number of rotatable bonds is 5. The monoisotopic (exact) mass is 354 g/mol. The minimum absolute atomic E-state index is 0.138. The van der Waals surface area contributed by atoms with E-state index in [4.69, 9.17) is 23.2 Å². The maximum atomic E-state index is 11.8. The van der Waals surface area contributed by atoms with Gasteiger partial charge in [0.1, 0.15) is 0 Å². The molecular formula is C15H16Cl2N4O2. The number of carbonyl (C=O) groups excluding carboxylic acids is 1. The van der Waals surface area contributed by atoms with Crippen molar-refractivity contribution in [2.45, 2.75) is 19.9 Å². The van der Waals surface area contributed by atoms with E-state index in [1.165, 1.54) is 17.0 Å². The standard InChI is InChI=1S/C15H16Cl2N4O2/c1-2-12-8-14(22)21(9-19-12)4-3-18-15(23)20-13-6-10(16)5-11(17)7-13/h5-9H,2-4H2,1H3,(H2,18,20,23). The molecule has 2 rings (SSSR count). The van der Waals surface area contributed by atoms with Crippen LogP contribution >= 0.6 is 23.2 Å². The van der Waals surface area contributed by atoms with Crippen molar-refractivity contribution in [3.05, 3.63) is 56.7 Å². The first-order chi connectivity index (χ1) is 11.0. The number of halogens is 2. The van der Waals surface area contributed by atoms with Crippen molar-refractivity contribution in [1.29, 1.82) is 0 Å². The lowest BCUT2D eigenvalue weighted by atomic mass is 10.3. The molecule has 0 bridgehead atoms.